The summed E-state index contributed by atoms with van der Waals surface area (Å²) in [6.45, 7) is 2.90. The van der Waals surface area contributed by atoms with E-state index in [0.29, 0.717) is 11.6 Å². The molecule has 1 atom stereocenters. The molecule has 0 spiro atoms. The van der Waals surface area contributed by atoms with Crippen LogP contribution in [0.3, 0.4) is 0 Å². The number of nitrogens with zero attached hydrogens (tertiary/aromatic N) is 3. The lowest BCUT2D eigenvalue weighted by Crippen LogP contribution is -2.36. The highest BCUT2D eigenvalue weighted by Crippen LogP contribution is 2.26. The Kier molecular flexibility index (Phi) is 5.80. The Morgan fingerprint density at radius 2 is 2.00 bits per heavy atom. The van der Waals surface area contributed by atoms with Crippen LogP contribution in [0.1, 0.15) is 24.5 Å². The van der Waals surface area contributed by atoms with Gasteiger partial charge in [0, 0.05) is 0 Å². The third kappa shape index (κ3) is 4.57. The van der Waals surface area contributed by atoms with Crippen molar-refractivity contribution in [3.63, 3.8) is 0 Å². The number of benzene rings is 1. The van der Waals surface area contributed by atoms with Crippen molar-refractivity contribution >= 4 is 33.0 Å². The van der Waals surface area contributed by atoms with Crippen LogP contribution < -0.4 is 4.31 Å². The minimum absolute atomic E-state index is 0.138. The van der Waals surface area contributed by atoms with Gasteiger partial charge in [-0.15, -0.1) is 21.5 Å². The number of anilines is 1. The Labute approximate surface area is 166 Å². The summed E-state index contributed by atoms with van der Waals surface area (Å²) in [5.74, 6) is -0.249. The fraction of sp³-hybridized carbons (Fsp3) is 0.278. The average Bonchev–Trinajstić information content (AvgIpc) is 3.30. The van der Waals surface area contributed by atoms with Gasteiger partial charge >= 0.3 is 5.97 Å². The van der Waals surface area contributed by atoms with Gasteiger partial charge in [-0.1, -0.05) is 24.3 Å². The molecule has 2 aromatic heterocycles. The van der Waals surface area contributed by atoms with Gasteiger partial charge in [-0.05, 0) is 36.9 Å². The van der Waals surface area contributed by atoms with Gasteiger partial charge in [0.05, 0.1) is 16.8 Å². The monoisotopic (exact) mass is 421 g/mol. The zero-order valence-corrected chi connectivity index (χ0v) is 17.2. The molecule has 0 amide bonds. The molecule has 0 aliphatic rings. The minimum atomic E-state index is -3.68. The number of carbonyl (C=O) groups is 1. The number of ether oxygens (including phenoxy) is 1. The molecule has 0 radical (unpaired) electrons. The Bertz CT molecular complexity index is 1060. The van der Waals surface area contributed by atoms with Crippen molar-refractivity contribution in [2.24, 2.45) is 0 Å². The summed E-state index contributed by atoms with van der Waals surface area (Å²) in [7, 11) is -3.68. The van der Waals surface area contributed by atoms with Crippen molar-refractivity contribution in [2.75, 3.05) is 17.1 Å². The van der Waals surface area contributed by atoms with Gasteiger partial charge < -0.3 is 9.15 Å². The summed E-state index contributed by atoms with van der Waals surface area (Å²) < 4.78 is 36.3. The fourth-order valence-electron chi connectivity index (χ4n) is 2.53. The molecule has 0 fully saturated rings. The van der Waals surface area contributed by atoms with Crippen LogP contribution in [0.4, 0.5) is 5.69 Å². The maximum absolute atomic E-state index is 12.4. The van der Waals surface area contributed by atoms with Gasteiger partial charge in [0.1, 0.15) is 6.54 Å². The van der Waals surface area contributed by atoms with E-state index in [1.807, 2.05) is 17.5 Å². The summed E-state index contributed by atoms with van der Waals surface area (Å²) in [6.07, 6.45) is 0.230. The number of esters is 1. The summed E-state index contributed by atoms with van der Waals surface area (Å²) in [5, 5.41) is 9.73. The first-order valence-corrected chi connectivity index (χ1v) is 11.1. The molecular formula is C18H19N3O5S2. The van der Waals surface area contributed by atoms with Crippen molar-refractivity contribution in [1.82, 2.24) is 10.2 Å². The second kappa shape index (κ2) is 8.11. The van der Waals surface area contributed by atoms with Crippen LogP contribution in [0.15, 0.2) is 46.2 Å². The first-order chi connectivity index (χ1) is 13.3. The summed E-state index contributed by atoms with van der Waals surface area (Å²) in [6, 6.07) is 10.6. The highest BCUT2D eigenvalue weighted by atomic mass is 32.2. The SMILES string of the molecule is Cc1ccccc1N(CC(=O)OC(C)c1nnc(-c2cccs2)o1)S(C)(=O)=O. The van der Waals surface area contributed by atoms with Gasteiger partial charge in [0.15, 0.2) is 6.10 Å². The van der Waals surface area contributed by atoms with E-state index in [0.717, 1.165) is 21.0 Å². The number of aromatic nitrogens is 2. The van der Waals surface area contributed by atoms with E-state index in [9.17, 15) is 13.2 Å². The largest absolute Gasteiger partial charge is 0.451 e. The Hall–Kier alpha value is -2.72. The van der Waals surface area contributed by atoms with Crippen molar-refractivity contribution in [2.45, 2.75) is 20.0 Å². The number of hydrogen-bond acceptors (Lipinski definition) is 8. The molecular weight excluding hydrogens is 402 g/mol. The molecule has 0 N–H and O–H groups in total. The summed E-state index contributed by atoms with van der Waals surface area (Å²) >= 11 is 1.45. The minimum Gasteiger partial charge on any atom is -0.451 e. The Balaban J connectivity index is 1.72. The van der Waals surface area contributed by atoms with Crippen LogP contribution >= 0.6 is 11.3 Å². The van der Waals surface area contributed by atoms with E-state index >= 15 is 0 Å². The zero-order valence-electron chi connectivity index (χ0n) is 15.5. The number of rotatable bonds is 7. The van der Waals surface area contributed by atoms with Crippen molar-refractivity contribution in [3.05, 3.63) is 53.2 Å². The van der Waals surface area contributed by atoms with E-state index in [-0.39, 0.29) is 5.89 Å². The van der Waals surface area contributed by atoms with Gasteiger partial charge in [-0.25, -0.2) is 8.42 Å². The number of para-hydroxylation sites is 1. The highest BCUT2D eigenvalue weighted by Gasteiger charge is 2.25. The molecule has 2 heterocycles. The fourth-order valence-corrected chi connectivity index (χ4v) is 4.07. The molecule has 3 aromatic rings. The molecule has 3 rings (SSSR count). The van der Waals surface area contributed by atoms with Crippen LogP contribution in [0, 0.1) is 6.92 Å². The van der Waals surface area contributed by atoms with Crippen LogP contribution in [0.25, 0.3) is 10.8 Å². The highest BCUT2D eigenvalue weighted by molar-refractivity contribution is 7.92. The van der Waals surface area contributed by atoms with Gasteiger partial charge in [0.2, 0.25) is 10.0 Å². The lowest BCUT2D eigenvalue weighted by atomic mass is 10.2. The topological polar surface area (TPSA) is 103 Å². The molecule has 0 aliphatic heterocycles. The van der Waals surface area contributed by atoms with E-state index in [1.54, 1.807) is 38.1 Å². The van der Waals surface area contributed by atoms with Crippen molar-refractivity contribution in [3.8, 4) is 10.8 Å². The third-order valence-corrected chi connectivity index (χ3v) is 5.87. The molecule has 8 nitrogen and oxygen atoms in total. The standard InChI is InChI=1S/C18H19N3O5S2/c1-12-7-4-5-8-14(12)21(28(3,23)24)11-16(22)25-13(2)17-19-20-18(26-17)15-9-6-10-27-15/h4-10,13H,11H2,1-3H3. The molecule has 1 aromatic carbocycles. The van der Waals surface area contributed by atoms with E-state index in [1.165, 1.54) is 11.3 Å². The molecule has 0 saturated heterocycles. The number of thiophene rings is 1. The second-order valence-electron chi connectivity index (χ2n) is 6.11. The lowest BCUT2D eigenvalue weighted by Gasteiger charge is -2.23. The summed E-state index contributed by atoms with van der Waals surface area (Å²) in [4.78, 5) is 13.2. The molecule has 28 heavy (non-hydrogen) atoms. The number of sulfonamides is 1. The molecule has 148 valence electrons. The normalized spacial score (nSPS) is 12.5. The lowest BCUT2D eigenvalue weighted by molar-refractivity contribution is -0.147. The first-order valence-electron chi connectivity index (χ1n) is 8.36. The van der Waals surface area contributed by atoms with Crippen molar-refractivity contribution in [1.29, 1.82) is 0 Å². The Morgan fingerprint density at radius 3 is 2.64 bits per heavy atom. The molecule has 0 saturated carbocycles. The van der Waals surface area contributed by atoms with E-state index < -0.39 is 28.6 Å². The number of carbonyl (C=O) groups excluding carboxylic acids is 1. The van der Waals surface area contributed by atoms with Crippen LogP contribution in [-0.4, -0.2) is 37.4 Å². The predicted molar refractivity (Wildman–Crippen MR) is 105 cm³/mol. The quantitative estimate of drug-likeness (QED) is 0.540. The van der Waals surface area contributed by atoms with Gasteiger partial charge in [0.25, 0.3) is 11.8 Å². The van der Waals surface area contributed by atoms with Crippen LogP contribution in [0.2, 0.25) is 0 Å². The zero-order chi connectivity index (χ0) is 20.3. The second-order valence-corrected chi connectivity index (χ2v) is 8.97. The van der Waals surface area contributed by atoms with Crippen LogP contribution in [0.5, 0.6) is 0 Å². The average molecular weight is 422 g/mol. The molecule has 0 bridgehead atoms. The molecule has 1 unspecified atom stereocenters. The van der Waals surface area contributed by atoms with E-state index in [2.05, 4.69) is 10.2 Å². The third-order valence-electron chi connectivity index (χ3n) is 3.89. The first kappa shape index (κ1) is 20.0. The number of hydrogen-bond donors (Lipinski definition) is 0. The van der Waals surface area contributed by atoms with Gasteiger partial charge in [-0.3, -0.25) is 9.10 Å². The predicted octanol–water partition coefficient (Wildman–Crippen LogP) is 3.18. The van der Waals surface area contributed by atoms with E-state index in [4.69, 9.17) is 9.15 Å². The summed E-state index contributed by atoms with van der Waals surface area (Å²) in [5.41, 5.74) is 1.15. The van der Waals surface area contributed by atoms with Crippen LogP contribution in [-0.2, 0) is 19.6 Å². The Morgan fingerprint density at radius 1 is 1.25 bits per heavy atom. The van der Waals surface area contributed by atoms with Gasteiger partial charge in [-0.2, -0.15) is 0 Å². The molecule has 0 aliphatic carbocycles. The maximum Gasteiger partial charge on any atom is 0.327 e. The van der Waals surface area contributed by atoms with Crippen molar-refractivity contribution < 1.29 is 22.4 Å². The molecule has 10 heteroatoms. The maximum atomic E-state index is 12.4. The smallest absolute Gasteiger partial charge is 0.327 e. The number of aryl methyl sites for hydroxylation is 1.